The van der Waals surface area contributed by atoms with Crippen molar-refractivity contribution in [1.82, 2.24) is 15.0 Å². The zero-order chi connectivity index (χ0) is 18.7. The highest BCUT2D eigenvalue weighted by atomic mass is 35.5. The summed E-state index contributed by atoms with van der Waals surface area (Å²) >= 11 is 17.9. The molecule has 0 saturated carbocycles. The summed E-state index contributed by atoms with van der Waals surface area (Å²) in [5.74, 6) is -0.0821. The van der Waals surface area contributed by atoms with Crippen molar-refractivity contribution < 1.29 is 4.92 Å². The van der Waals surface area contributed by atoms with E-state index in [-0.39, 0.29) is 22.5 Å². The lowest BCUT2D eigenvalue weighted by Gasteiger charge is -2.11. The summed E-state index contributed by atoms with van der Waals surface area (Å²) in [5, 5.41) is 18.1. The van der Waals surface area contributed by atoms with Gasteiger partial charge in [-0.3, -0.25) is 10.1 Å². The highest BCUT2D eigenvalue weighted by Gasteiger charge is 2.24. The summed E-state index contributed by atoms with van der Waals surface area (Å²) in [6, 6.07) is 7.91. The van der Waals surface area contributed by atoms with Crippen LogP contribution in [0.5, 0.6) is 0 Å². The Morgan fingerprint density at radius 1 is 0.962 bits per heavy atom. The van der Waals surface area contributed by atoms with Crippen LogP contribution in [0.2, 0.25) is 15.2 Å². The van der Waals surface area contributed by atoms with E-state index in [1.165, 1.54) is 12.5 Å². The first-order valence-electron chi connectivity index (χ1n) is 7.04. The number of anilines is 4. The number of nitrogens with one attached hydrogen (secondary N) is 2. The minimum Gasteiger partial charge on any atom is -0.334 e. The molecule has 0 aliphatic rings. The van der Waals surface area contributed by atoms with Gasteiger partial charge in [-0.2, -0.15) is 0 Å². The number of rotatable bonds is 5. The van der Waals surface area contributed by atoms with Gasteiger partial charge in [0.1, 0.15) is 6.33 Å². The first kappa shape index (κ1) is 18.1. The Kier molecular flexibility index (Phi) is 5.36. The number of pyridine rings is 1. The number of aromatic nitrogens is 3. The fourth-order valence-electron chi connectivity index (χ4n) is 2.10. The van der Waals surface area contributed by atoms with E-state index in [9.17, 15) is 10.1 Å². The Balaban J connectivity index is 2.01. The molecule has 0 unspecified atom stereocenters. The Morgan fingerprint density at radius 2 is 1.62 bits per heavy atom. The molecule has 2 N–H and O–H groups in total. The molecule has 0 fully saturated rings. The van der Waals surface area contributed by atoms with Gasteiger partial charge in [0, 0.05) is 21.9 Å². The zero-order valence-electron chi connectivity index (χ0n) is 12.8. The molecule has 0 spiro atoms. The van der Waals surface area contributed by atoms with Crippen LogP contribution < -0.4 is 10.6 Å². The van der Waals surface area contributed by atoms with Crippen molar-refractivity contribution >= 4 is 63.5 Å². The third kappa shape index (κ3) is 4.10. The number of halogens is 3. The van der Waals surface area contributed by atoms with Crippen molar-refractivity contribution in [3.63, 3.8) is 0 Å². The van der Waals surface area contributed by atoms with Crippen LogP contribution in [0.1, 0.15) is 0 Å². The van der Waals surface area contributed by atoms with Crippen molar-refractivity contribution in [2.75, 3.05) is 10.6 Å². The molecule has 2 aromatic heterocycles. The zero-order valence-corrected chi connectivity index (χ0v) is 15.0. The predicted octanol–water partition coefficient (Wildman–Crippen LogP) is 5.23. The van der Waals surface area contributed by atoms with E-state index >= 15 is 0 Å². The molecule has 8 nitrogen and oxygen atoms in total. The van der Waals surface area contributed by atoms with Gasteiger partial charge in [0.15, 0.2) is 5.15 Å². The summed E-state index contributed by atoms with van der Waals surface area (Å²) in [6.07, 6.45) is 2.67. The number of hydrogen-bond donors (Lipinski definition) is 2. The average Bonchev–Trinajstić information content (AvgIpc) is 2.56. The third-order valence-electron chi connectivity index (χ3n) is 3.14. The number of nitro groups is 1. The molecule has 3 aromatic rings. The van der Waals surface area contributed by atoms with Crippen LogP contribution in [-0.4, -0.2) is 19.9 Å². The lowest BCUT2D eigenvalue weighted by molar-refractivity contribution is -0.383. The van der Waals surface area contributed by atoms with Gasteiger partial charge in [0.05, 0.1) is 10.6 Å². The third-order valence-corrected chi connectivity index (χ3v) is 3.88. The van der Waals surface area contributed by atoms with Crippen LogP contribution in [0.15, 0.2) is 42.9 Å². The molecule has 132 valence electrons. The smallest absolute Gasteiger partial charge is 0.334 e. The maximum atomic E-state index is 11.6. The molecule has 0 aliphatic heterocycles. The first-order valence-corrected chi connectivity index (χ1v) is 8.17. The first-order chi connectivity index (χ1) is 12.4. The standard InChI is InChI=1S/C15H9Cl3N6O2/c16-8-4-9(17)6-10(5-8)22-14-12(24(25)26)15(21-7-20-14)23-11-2-1-3-19-13(11)18/h1-7H,(H2,20,21,22,23). The molecule has 0 amide bonds. The van der Waals surface area contributed by atoms with Crippen molar-refractivity contribution in [2.24, 2.45) is 0 Å². The van der Waals surface area contributed by atoms with E-state index in [2.05, 4.69) is 25.6 Å². The van der Waals surface area contributed by atoms with E-state index in [0.29, 0.717) is 21.4 Å². The Labute approximate surface area is 162 Å². The monoisotopic (exact) mass is 410 g/mol. The predicted molar refractivity (Wildman–Crippen MR) is 101 cm³/mol. The van der Waals surface area contributed by atoms with Gasteiger partial charge in [-0.15, -0.1) is 0 Å². The molecule has 11 heteroatoms. The number of hydrogen-bond acceptors (Lipinski definition) is 7. The van der Waals surface area contributed by atoms with E-state index in [4.69, 9.17) is 34.8 Å². The number of nitrogens with zero attached hydrogens (tertiary/aromatic N) is 4. The minimum atomic E-state index is -0.610. The van der Waals surface area contributed by atoms with Crippen LogP contribution in [-0.2, 0) is 0 Å². The van der Waals surface area contributed by atoms with E-state index < -0.39 is 4.92 Å². The SMILES string of the molecule is O=[N+]([O-])c1c(Nc2cc(Cl)cc(Cl)c2)ncnc1Nc1cccnc1Cl. The lowest BCUT2D eigenvalue weighted by Crippen LogP contribution is -2.06. The molecule has 0 saturated heterocycles. The fraction of sp³-hybridized carbons (Fsp3) is 0. The molecule has 26 heavy (non-hydrogen) atoms. The van der Waals surface area contributed by atoms with Crippen LogP contribution >= 0.6 is 34.8 Å². The van der Waals surface area contributed by atoms with E-state index in [0.717, 1.165) is 0 Å². The maximum Gasteiger partial charge on any atom is 0.353 e. The highest BCUT2D eigenvalue weighted by Crippen LogP contribution is 2.35. The Bertz CT molecular complexity index is 965. The maximum absolute atomic E-state index is 11.6. The van der Waals surface area contributed by atoms with Crippen molar-refractivity contribution in [3.05, 3.63) is 68.2 Å². The Hall–Kier alpha value is -2.68. The van der Waals surface area contributed by atoms with Crippen LogP contribution in [0.25, 0.3) is 0 Å². The fourth-order valence-corrected chi connectivity index (χ4v) is 2.80. The summed E-state index contributed by atoms with van der Waals surface area (Å²) in [4.78, 5) is 22.8. The van der Waals surface area contributed by atoms with Gasteiger partial charge in [-0.05, 0) is 30.3 Å². The topological polar surface area (TPSA) is 106 Å². The second kappa shape index (κ2) is 7.69. The van der Waals surface area contributed by atoms with Crippen molar-refractivity contribution in [2.45, 2.75) is 0 Å². The largest absolute Gasteiger partial charge is 0.353 e. The van der Waals surface area contributed by atoms with Gasteiger partial charge in [-0.1, -0.05) is 34.8 Å². The minimum absolute atomic E-state index is 0.0363. The summed E-state index contributed by atoms with van der Waals surface area (Å²) in [7, 11) is 0. The Morgan fingerprint density at radius 3 is 2.23 bits per heavy atom. The molecule has 0 radical (unpaired) electrons. The van der Waals surface area contributed by atoms with Crippen LogP contribution in [0, 0.1) is 10.1 Å². The molecule has 1 aromatic carbocycles. The molecular formula is C15H9Cl3N6O2. The number of benzene rings is 1. The van der Waals surface area contributed by atoms with Gasteiger partial charge in [0.25, 0.3) is 0 Å². The van der Waals surface area contributed by atoms with Crippen LogP contribution in [0.3, 0.4) is 0 Å². The molecule has 0 atom stereocenters. The lowest BCUT2D eigenvalue weighted by atomic mass is 10.3. The molecule has 0 aliphatic carbocycles. The van der Waals surface area contributed by atoms with Crippen molar-refractivity contribution in [1.29, 1.82) is 0 Å². The second-order valence-electron chi connectivity index (χ2n) is 4.93. The quantitative estimate of drug-likeness (QED) is 0.336. The normalized spacial score (nSPS) is 10.4. The van der Waals surface area contributed by atoms with Crippen LogP contribution in [0.4, 0.5) is 28.7 Å². The van der Waals surface area contributed by atoms with E-state index in [1.807, 2.05) is 0 Å². The summed E-state index contributed by atoms with van der Waals surface area (Å²) < 4.78 is 0. The average molecular weight is 412 g/mol. The van der Waals surface area contributed by atoms with Gasteiger partial charge >= 0.3 is 5.69 Å². The molecule has 2 heterocycles. The highest BCUT2D eigenvalue weighted by molar-refractivity contribution is 6.35. The molecule has 3 rings (SSSR count). The van der Waals surface area contributed by atoms with Gasteiger partial charge in [0.2, 0.25) is 11.6 Å². The van der Waals surface area contributed by atoms with Crippen molar-refractivity contribution in [3.8, 4) is 0 Å². The summed E-state index contributed by atoms with van der Waals surface area (Å²) in [6.45, 7) is 0. The molecular weight excluding hydrogens is 403 g/mol. The second-order valence-corrected chi connectivity index (χ2v) is 6.16. The van der Waals surface area contributed by atoms with Gasteiger partial charge in [-0.25, -0.2) is 15.0 Å². The van der Waals surface area contributed by atoms with Gasteiger partial charge < -0.3 is 10.6 Å². The summed E-state index contributed by atoms with van der Waals surface area (Å²) in [5.41, 5.74) is 0.436. The van der Waals surface area contributed by atoms with E-state index in [1.54, 1.807) is 30.3 Å². The molecule has 0 bridgehead atoms.